The molecule has 0 bridgehead atoms. The molecule has 0 saturated carbocycles. The second-order valence-electron chi connectivity index (χ2n) is 3.11. The first-order valence-corrected chi connectivity index (χ1v) is 4.12. The van der Waals surface area contributed by atoms with Crippen molar-refractivity contribution in [3.8, 4) is 0 Å². The lowest BCUT2D eigenvalue weighted by atomic mass is 10.2. The maximum absolute atomic E-state index is 9.75. The third kappa shape index (κ3) is 6.50. The molecule has 0 atom stereocenters. The molecule has 2 nitrogen and oxygen atoms in total. The molecule has 14 heavy (non-hydrogen) atoms. The summed E-state index contributed by atoms with van der Waals surface area (Å²) in [5.74, 6) is 1.86. The van der Waals surface area contributed by atoms with Crippen molar-refractivity contribution in [2.45, 2.75) is 19.8 Å². The number of nitrogens with zero attached hydrogens (tertiary/aromatic N) is 1. The predicted octanol–water partition coefficient (Wildman–Crippen LogP) is 2.26. The molecule has 1 rings (SSSR count). The first-order chi connectivity index (χ1) is 6.22. The van der Waals surface area contributed by atoms with Gasteiger partial charge in [0.25, 0.3) is 5.82 Å². The SMILES string of the molecule is CC(C)c1[nH]cc[n+]1C.F[B-](F)(F)F. The van der Waals surface area contributed by atoms with Crippen LogP contribution in [0.2, 0.25) is 0 Å². The second kappa shape index (κ2) is 5.02. The van der Waals surface area contributed by atoms with Crippen molar-refractivity contribution in [1.82, 2.24) is 4.98 Å². The average Bonchev–Trinajstić information content (AvgIpc) is 2.30. The van der Waals surface area contributed by atoms with E-state index >= 15 is 0 Å². The van der Waals surface area contributed by atoms with Crippen LogP contribution in [0.25, 0.3) is 0 Å². The van der Waals surface area contributed by atoms with Gasteiger partial charge in [-0.25, -0.2) is 9.55 Å². The van der Waals surface area contributed by atoms with E-state index in [1.165, 1.54) is 5.82 Å². The van der Waals surface area contributed by atoms with E-state index in [4.69, 9.17) is 0 Å². The molecule has 0 aromatic carbocycles. The zero-order chi connectivity index (χ0) is 11.4. The monoisotopic (exact) mass is 212 g/mol. The van der Waals surface area contributed by atoms with Gasteiger partial charge in [-0.2, -0.15) is 0 Å². The van der Waals surface area contributed by atoms with E-state index in [-0.39, 0.29) is 0 Å². The standard InChI is InChI=1S/C7H12N2.BF4/c1-6(2)7-8-4-5-9(7)3;2-1(3,4)5/h4-6H,1-3H3;/q;-1/p+1. The van der Waals surface area contributed by atoms with E-state index < -0.39 is 7.25 Å². The minimum Gasteiger partial charge on any atom is -0.418 e. The summed E-state index contributed by atoms with van der Waals surface area (Å²) < 4.78 is 41.1. The van der Waals surface area contributed by atoms with Crippen molar-refractivity contribution in [2.75, 3.05) is 0 Å². The maximum Gasteiger partial charge on any atom is 0.673 e. The van der Waals surface area contributed by atoms with Gasteiger partial charge in [0.15, 0.2) is 0 Å². The highest BCUT2D eigenvalue weighted by atomic mass is 19.5. The van der Waals surface area contributed by atoms with Crippen LogP contribution >= 0.6 is 0 Å². The van der Waals surface area contributed by atoms with Gasteiger partial charge in [0.2, 0.25) is 0 Å². The van der Waals surface area contributed by atoms with Crippen molar-refractivity contribution in [2.24, 2.45) is 7.05 Å². The predicted molar refractivity (Wildman–Crippen MR) is 46.2 cm³/mol. The van der Waals surface area contributed by atoms with E-state index in [9.17, 15) is 17.3 Å². The van der Waals surface area contributed by atoms with Crippen molar-refractivity contribution >= 4 is 7.25 Å². The highest BCUT2D eigenvalue weighted by molar-refractivity contribution is 6.50. The van der Waals surface area contributed by atoms with Crippen LogP contribution in [0.5, 0.6) is 0 Å². The summed E-state index contributed by atoms with van der Waals surface area (Å²) in [5, 5.41) is 0. The Morgan fingerprint density at radius 1 is 1.29 bits per heavy atom. The van der Waals surface area contributed by atoms with Gasteiger partial charge in [-0.1, -0.05) is 13.8 Å². The van der Waals surface area contributed by atoms with Crippen LogP contribution in [0, 0.1) is 0 Å². The number of aryl methyl sites for hydroxylation is 1. The molecule has 0 aliphatic carbocycles. The molecule has 1 aromatic rings. The molecule has 0 unspecified atom stereocenters. The molecule has 0 radical (unpaired) electrons. The summed E-state index contributed by atoms with van der Waals surface area (Å²) in [6.45, 7) is 4.34. The molecule has 0 aliphatic rings. The Labute approximate surface area is 80.1 Å². The molecule has 0 aliphatic heterocycles. The number of hydrogen-bond donors (Lipinski definition) is 1. The zero-order valence-corrected chi connectivity index (χ0v) is 8.27. The quantitative estimate of drug-likeness (QED) is 0.418. The molecule has 0 amide bonds. The second-order valence-corrected chi connectivity index (χ2v) is 3.11. The van der Waals surface area contributed by atoms with Crippen LogP contribution < -0.4 is 4.57 Å². The van der Waals surface area contributed by atoms with Crippen LogP contribution in [-0.4, -0.2) is 12.2 Å². The summed E-state index contributed by atoms with van der Waals surface area (Å²) in [5.41, 5.74) is 0. The van der Waals surface area contributed by atoms with Crippen LogP contribution in [0.1, 0.15) is 25.6 Å². The lowest BCUT2D eigenvalue weighted by Gasteiger charge is -1.95. The summed E-state index contributed by atoms with van der Waals surface area (Å²) in [6, 6.07) is 0. The Hall–Kier alpha value is -1.01. The normalized spacial score (nSPS) is 11.1. The van der Waals surface area contributed by atoms with Crippen LogP contribution in [-0.2, 0) is 7.05 Å². The van der Waals surface area contributed by atoms with E-state index in [2.05, 4.69) is 23.4 Å². The first-order valence-electron chi connectivity index (χ1n) is 4.12. The number of rotatable bonds is 1. The Bertz CT molecular complexity index is 263. The van der Waals surface area contributed by atoms with Gasteiger partial charge < -0.3 is 17.3 Å². The molecule has 0 spiro atoms. The van der Waals surface area contributed by atoms with Crippen LogP contribution in [0.4, 0.5) is 17.3 Å². The topological polar surface area (TPSA) is 19.7 Å². The number of imidazole rings is 1. The van der Waals surface area contributed by atoms with E-state index in [1.807, 2.05) is 19.4 Å². The molecular formula is C7H13BF4N2. The molecule has 0 fully saturated rings. The number of aromatic amines is 1. The first kappa shape index (κ1) is 13.0. The Balaban J connectivity index is 0.000000292. The highest BCUT2D eigenvalue weighted by Gasteiger charge is 2.20. The van der Waals surface area contributed by atoms with E-state index in [0.717, 1.165) is 0 Å². The molecule has 82 valence electrons. The van der Waals surface area contributed by atoms with Crippen LogP contribution in [0.3, 0.4) is 0 Å². The number of hydrogen-bond acceptors (Lipinski definition) is 0. The molecule has 7 heteroatoms. The fourth-order valence-electron chi connectivity index (χ4n) is 0.991. The maximum atomic E-state index is 9.75. The summed E-state index contributed by atoms with van der Waals surface area (Å²) >= 11 is 0. The number of nitrogens with one attached hydrogen (secondary N) is 1. The fraction of sp³-hybridized carbons (Fsp3) is 0.571. The Kier molecular flexibility index (Phi) is 4.66. The largest absolute Gasteiger partial charge is 0.673 e. The third-order valence-corrected chi connectivity index (χ3v) is 1.46. The van der Waals surface area contributed by atoms with Gasteiger partial charge >= 0.3 is 7.25 Å². The summed E-state index contributed by atoms with van der Waals surface area (Å²) in [4.78, 5) is 3.17. The van der Waals surface area contributed by atoms with Gasteiger partial charge in [-0.05, 0) is 0 Å². The smallest absolute Gasteiger partial charge is 0.418 e. The van der Waals surface area contributed by atoms with Crippen molar-refractivity contribution < 1.29 is 21.8 Å². The summed E-state index contributed by atoms with van der Waals surface area (Å²) in [6.07, 6.45) is 3.98. The fourth-order valence-corrected chi connectivity index (χ4v) is 0.991. The summed E-state index contributed by atoms with van der Waals surface area (Å²) in [7, 11) is -3.95. The zero-order valence-electron chi connectivity index (χ0n) is 8.27. The number of aromatic nitrogens is 2. The van der Waals surface area contributed by atoms with Crippen molar-refractivity contribution in [3.63, 3.8) is 0 Å². The highest BCUT2D eigenvalue weighted by Crippen LogP contribution is 2.06. The minimum absolute atomic E-state index is 0.588. The van der Waals surface area contributed by atoms with Gasteiger partial charge in [-0.15, -0.1) is 0 Å². The van der Waals surface area contributed by atoms with Crippen molar-refractivity contribution in [1.29, 1.82) is 0 Å². The third-order valence-electron chi connectivity index (χ3n) is 1.46. The molecular weight excluding hydrogens is 199 g/mol. The molecule has 1 aromatic heterocycles. The molecule has 1 heterocycles. The molecule has 0 saturated heterocycles. The lowest BCUT2D eigenvalue weighted by Crippen LogP contribution is -2.30. The van der Waals surface area contributed by atoms with Gasteiger partial charge in [0.05, 0.1) is 13.0 Å². The van der Waals surface area contributed by atoms with Gasteiger partial charge in [0, 0.05) is 0 Å². The van der Waals surface area contributed by atoms with E-state index in [0.29, 0.717) is 5.92 Å². The lowest BCUT2D eigenvalue weighted by molar-refractivity contribution is -0.678. The van der Waals surface area contributed by atoms with Gasteiger partial charge in [0.1, 0.15) is 12.4 Å². The van der Waals surface area contributed by atoms with E-state index in [1.54, 1.807) is 0 Å². The Morgan fingerprint density at radius 2 is 1.71 bits per heavy atom. The Morgan fingerprint density at radius 3 is 1.86 bits per heavy atom. The number of halogens is 4. The van der Waals surface area contributed by atoms with Crippen LogP contribution in [0.15, 0.2) is 12.4 Å². The minimum atomic E-state index is -6.00. The average molecular weight is 212 g/mol. The van der Waals surface area contributed by atoms with Crippen molar-refractivity contribution in [3.05, 3.63) is 18.2 Å². The number of H-pyrrole nitrogens is 1. The molecule has 1 N–H and O–H groups in total. The van der Waals surface area contributed by atoms with Gasteiger partial charge in [-0.3, -0.25) is 0 Å².